The number of nitro benzene ring substituents is 1. The van der Waals surface area contributed by atoms with E-state index in [0.717, 1.165) is 23.2 Å². The topological polar surface area (TPSA) is 113 Å². The van der Waals surface area contributed by atoms with Gasteiger partial charge in [-0.3, -0.25) is 10.1 Å². The van der Waals surface area contributed by atoms with Crippen molar-refractivity contribution in [1.29, 1.82) is 0 Å². The van der Waals surface area contributed by atoms with Crippen molar-refractivity contribution in [3.8, 4) is 5.75 Å². The smallest absolute Gasteiger partial charge is 0.335 e. The standard InChI is InChI=1S/C19H16N2O5/c22-17-7-5-10(9-16(17)21(25)26)18-13-3-1-2-12(13)14-8-11(19(23)24)4-6-15(14)20-18/h1-2,4-9,12-13,18,20,22H,3H2,(H,23,24). The summed E-state index contributed by atoms with van der Waals surface area (Å²) < 4.78 is 0. The molecular formula is C19H16N2O5. The van der Waals surface area contributed by atoms with Crippen molar-refractivity contribution in [3.63, 3.8) is 0 Å². The average molecular weight is 352 g/mol. The Morgan fingerprint density at radius 1 is 1.23 bits per heavy atom. The number of allylic oxidation sites excluding steroid dienone is 2. The first kappa shape index (κ1) is 16.1. The van der Waals surface area contributed by atoms with Crippen LogP contribution in [-0.4, -0.2) is 21.1 Å². The molecule has 26 heavy (non-hydrogen) atoms. The lowest BCUT2D eigenvalue weighted by molar-refractivity contribution is -0.385. The fourth-order valence-corrected chi connectivity index (χ4v) is 3.94. The molecular weight excluding hydrogens is 336 g/mol. The summed E-state index contributed by atoms with van der Waals surface area (Å²) in [5.74, 6) is -1.16. The fraction of sp³-hybridized carbons (Fsp3) is 0.211. The van der Waals surface area contributed by atoms with E-state index in [0.29, 0.717) is 0 Å². The number of fused-ring (bicyclic) bond motifs is 3. The number of rotatable bonds is 3. The fourth-order valence-electron chi connectivity index (χ4n) is 3.94. The van der Waals surface area contributed by atoms with Crippen LogP contribution in [0.2, 0.25) is 0 Å². The highest BCUT2D eigenvalue weighted by Crippen LogP contribution is 2.50. The van der Waals surface area contributed by atoms with E-state index in [4.69, 9.17) is 0 Å². The van der Waals surface area contributed by atoms with E-state index in [9.17, 15) is 25.1 Å². The molecule has 1 heterocycles. The van der Waals surface area contributed by atoms with Crippen LogP contribution in [0.3, 0.4) is 0 Å². The number of hydrogen-bond acceptors (Lipinski definition) is 5. The molecule has 3 unspecified atom stereocenters. The molecule has 0 spiro atoms. The number of anilines is 1. The Balaban J connectivity index is 1.78. The van der Waals surface area contributed by atoms with Crippen molar-refractivity contribution < 1.29 is 19.9 Å². The summed E-state index contributed by atoms with van der Waals surface area (Å²) in [6.07, 6.45) is 4.91. The largest absolute Gasteiger partial charge is 0.502 e. The minimum atomic E-state index is -0.970. The third-order valence-corrected chi connectivity index (χ3v) is 5.17. The Labute approximate surface area is 148 Å². The van der Waals surface area contributed by atoms with Crippen LogP contribution in [-0.2, 0) is 0 Å². The monoisotopic (exact) mass is 352 g/mol. The van der Waals surface area contributed by atoms with E-state index in [1.54, 1.807) is 24.3 Å². The van der Waals surface area contributed by atoms with E-state index in [-0.39, 0.29) is 34.9 Å². The minimum Gasteiger partial charge on any atom is -0.502 e. The van der Waals surface area contributed by atoms with Crippen molar-refractivity contribution in [3.05, 3.63) is 75.4 Å². The molecule has 2 aliphatic rings. The predicted molar refractivity (Wildman–Crippen MR) is 94.5 cm³/mol. The van der Waals surface area contributed by atoms with Gasteiger partial charge in [0.1, 0.15) is 0 Å². The van der Waals surface area contributed by atoms with Crippen LogP contribution in [0.1, 0.15) is 39.9 Å². The number of carboxylic acids is 1. The highest BCUT2D eigenvalue weighted by molar-refractivity contribution is 5.89. The molecule has 1 aliphatic carbocycles. The maximum absolute atomic E-state index is 11.3. The molecule has 3 atom stereocenters. The van der Waals surface area contributed by atoms with Gasteiger partial charge in [-0.05, 0) is 47.7 Å². The Morgan fingerprint density at radius 3 is 2.77 bits per heavy atom. The molecule has 0 bridgehead atoms. The van der Waals surface area contributed by atoms with Crippen molar-refractivity contribution in [1.82, 2.24) is 0 Å². The number of aromatic hydroxyl groups is 1. The van der Waals surface area contributed by atoms with E-state index >= 15 is 0 Å². The highest BCUT2D eigenvalue weighted by atomic mass is 16.6. The van der Waals surface area contributed by atoms with Gasteiger partial charge in [0.15, 0.2) is 5.75 Å². The van der Waals surface area contributed by atoms with Gasteiger partial charge in [-0.25, -0.2) is 4.79 Å². The van der Waals surface area contributed by atoms with E-state index in [1.807, 2.05) is 0 Å². The summed E-state index contributed by atoms with van der Waals surface area (Å²) in [7, 11) is 0. The maximum atomic E-state index is 11.3. The second kappa shape index (κ2) is 5.87. The number of phenols is 1. The minimum absolute atomic E-state index is 0.0448. The van der Waals surface area contributed by atoms with Crippen molar-refractivity contribution in [2.24, 2.45) is 5.92 Å². The van der Waals surface area contributed by atoms with Gasteiger partial charge in [-0.1, -0.05) is 18.2 Å². The lowest BCUT2D eigenvalue weighted by atomic mass is 9.76. The lowest BCUT2D eigenvalue weighted by Crippen LogP contribution is -2.29. The van der Waals surface area contributed by atoms with Crippen LogP contribution < -0.4 is 5.32 Å². The molecule has 7 nitrogen and oxygen atoms in total. The molecule has 2 aromatic carbocycles. The zero-order valence-corrected chi connectivity index (χ0v) is 13.6. The Hall–Kier alpha value is -3.35. The van der Waals surface area contributed by atoms with Gasteiger partial charge in [-0.2, -0.15) is 0 Å². The van der Waals surface area contributed by atoms with Crippen LogP contribution in [0.15, 0.2) is 48.6 Å². The van der Waals surface area contributed by atoms with Gasteiger partial charge in [0, 0.05) is 17.7 Å². The van der Waals surface area contributed by atoms with Crippen LogP contribution in [0, 0.1) is 16.0 Å². The molecule has 0 saturated heterocycles. The number of nitro groups is 1. The lowest BCUT2D eigenvalue weighted by Gasteiger charge is -2.37. The molecule has 0 aromatic heterocycles. The summed E-state index contributed by atoms with van der Waals surface area (Å²) in [6, 6.07) is 9.23. The summed E-state index contributed by atoms with van der Waals surface area (Å²) in [6.45, 7) is 0. The Morgan fingerprint density at radius 2 is 2.04 bits per heavy atom. The van der Waals surface area contributed by atoms with Gasteiger partial charge in [0.05, 0.1) is 16.5 Å². The summed E-state index contributed by atoms with van der Waals surface area (Å²) in [5, 5.41) is 33.5. The Bertz CT molecular complexity index is 953. The Kier molecular flexibility index (Phi) is 3.64. The van der Waals surface area contributed by atoms with E-state index in [1.165, 1.54) is 12.1 Å². The summed E-state index contributed by atoms with van der Waals surface area (Å²) >= 11 is 0. The predicted octanol–water partition coefficient (Wildman–Crippen LogP) is 3.83. The first-order valence-corrected chi connectivity index (χ1v) is 8.23. The van der Waals surface area contributed by atoms with E-state index in [2.05, 4.69) is 17.5 Å². The third kappa shape index (κ3) is 2.48. The second-order valence-corrected chi connectivity index (χ2v) is 6.59. The molecule has 3 N–H and O–H groups in total. The van der Waals surface area contributed by atoms with Gasteiger partial charge in [-0.15, -0.1) is 0 Å². The molecule has 0 fully saturated rings. The number of aromatic carboxylic acids is 1. The van der Waals surface area contributed by atoms with Gasteiger partial charge < -0.3 is 15.5 Å². The SMILES string of the molecule is O=C(O)c1ccc2c(c1)C1C=CCC1C(c1ccc(O)c([N+](=O)[O-])c1)N2. The average Bonchev–Trinajstić information content (AvgIpc) is 3.11. The molecule has 1 aliphatic heterocycles. The third-order valence-electron chi connectivity index (χ3n) is 5.17. The summed E-state index contributed by atoms with van der Waals surface area (Å²) in [4.78, 5) is 21.8. The zero-order chi connectivity index (χ0) is 18.4. The van der Waals surface area contributed by atoms with Crippen LogP contribution >= 0.6 is 0 Å². The van der Waals surface area contributed by atoms with Crippen LogP contribution in [0.25, 0.3) is 0 Å². The molecule has 7 heteroatoms. The van der Waals surface area contributed by atoms with Crippen molar-refractivity contribution in [2.45, 2.75) is 18.4 Å². The number of benzene rings is 2. The van der Waals surface area contributed by atoms with Gasteiger partial charge in [0.25, 0.3) is 0 Å². The molecule has 132 valence electrons. The van der Waals surface area contributed by atoms with Crippen molar-refractivity contribution in [2.75, 3.05) is 5.32 Å². The second-order valence-electron chi connectivity index (χ2n) is 6.59. The normalized spacial score (nSPS) is 23.0. The number of hydrogen-bond donors (Lipinski definition) is 3. The number of nitrogens with one attached hydrogen (secondary N) is 1. The quantitative estimate of drug-likeness (QED) is 0.440. The molecule has 4 rings (SSSR count). The zero-order valence-electron chi connectivity index (χ0n) is 13.6. The first-order chi connectivity index (χ1) is 12.5. The molecule has 0 saturated carbocycles. The van der Waals surface area contributed by atoms with Gasteiger partial charge >= 0.3 is 11.7 Å². The van der Waals surface area contributed by atoms with Crippen LogP contribution in [0.5, 0.6) is 5.75 Å². The first-order valence-electron chi connectivity index (χ1n) is 8.23. The molecule has 0 amide bonds. The maximum Gasteiger partial charge on any atom is 0.335 e. The number of carbonyl (C=O) groups is 1. The number of phenolic OH excluding ortho intramolecular Hbond substituents is 1. The molecule has 2 aromatic rings. The summed E-state index contributed by atoms with van der Waals surface area (Å²) in [5.41, 5.74) is 2.39. The van der Waals surface area contributed by atoms with E-state index < -0.39 is 10.9 Å². The van der Waals surface area contributed by atoms with Gasteiger partial charge in [0.2, 0.25) is 0 Å². The highest BCUT2D eigenvalue weighted by Gasteiger charge is 2.38. The van der Waals surface area contributed by atoms with Crippen LogP contribution in [0.4, 0.5) is 11.4 Å². The number of nitrogens with zero attached hydrogens (tertiary/aromatic N) is 1. The number of carboxylic acid groups (broad SMARTS) is 1. The van der Waals surface area contributed by atoms with Crippen molar-refractivity contribution >= 4 is 17.3 Å². The molecule has 0 radical (unpaired) electrons.